The van der Waals surface area contributed by atoms with E-state index in [1.165, 1.54) is 16.8 Å². The predicted molar refractivity (Wildman–Crippen MR) is 140 cm³/mol. The maximum Gasteiger partial charge on any atom is 0.274 e. The number of aliphatic hydroxyl groups is 1. The molecule has 5 rings (SSSR count). The number of nitrogens with zero attached hydrogens (tertiary/aromatic N) is 3. The molecular formula is C28H32F2N4O6. The number of nitrogens with one attached hydrogen (secondary N) is 1. The quantitative estimate of drug-likeness (QED) is 0.504. The number of fused-ring (bicyclic) bond motifs is 5. The first-order valence-electron chi connectivity index (χ1n) is 13.4. The van der Waals surface area contributed by atoms with Gasteiger partial charge in [0.2, 0.25) is 5.43 Å². The summed E-state index contributed by atoms with van der Waals surface area (Å²) < 4.78 is 34.9. The highest BCUT2D eigenvalue weighted by atomic mass is 19.1. The van der Waals surface area contributed by atoms with Crippen molar-refractivity contribution in [3.05, 3.63) is 63.1 Å². The number of ether oxygens (including phenoxy) is 1. The van der Waals surface area contributed by atoms with Crippen LogP contribution in [-0.4, -0.2) is 63.0 Å². The van der Waals surface area contributed by atoms with Crippen LogP contribution in [0.5, 0.6) is 5.75 Å². The summed E-state index contributed by atoms with van der Waals surface area (Å²) in [6, 6.07) is 2.06. The molecule has 40 heavy (non-hydrogen) atoms. The molecule has 0 aliphatic carbocycles. The fraction of sp³-hybridized carbons (Fsp3) is 0.500. The van der Waals surface area contributed by atoms with Crippen molar-refractivity contribution in [3.8, 4) is 5.75 Å². The molecule has 4 heterocycles. The Balaban J connectivity index is 1.61. The van der Waals surface area contributed by atoms with Crippen LogP contribution in [0.15, 0.2) is 34.3 Å². The molecule has 2 aromatic rings. The number of carbonyl (C=O) groups excluding carboxylic acids is 2. The van der Waals surface area contributed by atoms with Crippen molar-refractivity contribution < 1.29 is 33.1 Å². The minimum atomic E-state index is -1.23. The zero-order chi connectivity index (χ0) is 28.8. The lowest BCUT2D eigenvalue weighted by Crippen LogP contribution is -2.56. The molecule has 4 atom stereocenters. The molecule has 10 nitrogen and oxygen atoms in total. The lowest BCUT2D eigenvalue weighted by atomic mass is 9.82. The van der Waals surface area contributed by atoms with Gasteiger partial charge in [0, 0.05) is 37.0 Å². The summed E-state index contributed by atoms with van der Waals surface area (Å²) in [5.74, 6) is -3.10. The van der Waals surface area contributed by atoms with Crippen LogP contribution >= 0.6 is 0 Å². The first-order chi connectivity index (χ1) is 19.1. The molecule has 1 spiro atoms. The van der Waals surface area contributed by atoms with E-state index in [9.17, 15) is 28.3 Å². The van der Waals surface area contributed by atoms with Gasteiger partial charge in [-0.05, 0) is 39.2 Å². The zero-order valence-electron chi connectivity index (χ0n) is 22.6. The molecule has 3 aliphatic rings. The molecule has 2 amide bonds. The summed E-state index contributed by atoms with van der Waals surface area (Å²) >= 11 is 0. The Bertz CT molecular complexity index is 1440. The minimum absolute atomic E-state index is 0.0213. The molecule has 3 aliphatic heterocycles. The molecule has 1 aromatic heterocycles. The monoisotopic (exact) mass is 558 g/mol. The number of halogens is 2. The van der Waals surface area contributed by atoms with Crippen molar-refractivity contribution in [1.82, 2.24) is 14.8 Å². The van der Waals surface area contributed by atoms with E-state index in [2.05, 4.69) is 10.5 Å². The largest absolute Gasteiger partial charge is 0.487 e. The Labute approximate surface area is 229 Å². The SMILES string of the molecule is CCCCOc1c2n(cc(C(=O)NCc3ccc(F)cc3F)c1=O)[C@@H]1CN(C2=O)[C@@H](C)CC[C@@]12ON=C(C)[C@H]2O. The lowest BCUT2D eigenvalue weighted by Gasteiger charge is -2.43. The van der Waals surface area contributed by atoms with Gasteiger partial charge < -0.3 is 29.5 Å². The Morgan fingerprint density at radius 2 is 2.10 bits per heavy atom. The third-order valence-corrected chi connectivity index (χ3v) is 8.07. The topological polar surface area (TPSA) is 122 Å². The predicted octanol–water partition coefficient (Wildman–Crippen LogP) is 2.92. The number of rotatable bonds is 7. The van der Waals surface area contributed by atoms with Crippen LogP contribution in [0.1, 0.15) is 78.9 Å². The summed E-state index contributed by atoms with van der Waals surface area (Å²) in [5.41, 5.74) is -1.94. The van der Waals surface area contributed by atoms with Gasteiger partial charge in [-0.1, -0.05) is 24.6 Å². The summed E-state index contributed by atoms with van der Waals surface area (Å²) in [6.45, 7) is 5.49. The number of carbonyl (C=O) groups is 2. The minimum Gasteiger partial charge on any atom is -0.487 e. The van der Waals surface area contributed by atoms with E-state index in [1.807, 2.05) is 13.8 Å². The van der Waals surface area contributed by atoms with E-state index in [0.29, 0.717) is 31.0 Å². The maximum atomic E-state index is 14.2. The number of aromatic nitrogens is 1. The van der Waals surface area contributed by atoms with Crippen LogP contribution in [0.4, 0.5) is 8.78 Å². The smallest absolute Gasteiger partial charge is 0.274 e. The van der Waals surface area contributed by atoms with Crippen molar-refractivity contribution in [2.24, 2.45) is 5.16 Å². The van der Waals surface area contributed by atoms with E-state index in [1.54, 1.807) is 11.8 Å². The first kappa shape index (κ1) is 27.8. The van der Waals surface area contributed by atoms with Crippen molar-refractivity contribution in [2.45, 2.75) is 76.8 Å². The molecule has 1 aromatic carbocycles. The number of oxime groups is 1. The van der Waals surface area contributed by atoms with E-state index in [-0.39, 0.29) is 48.3 Å². The van der Waals surface area contributed by atoms with Crippen LogP contribution in [0.25, 0.3) is 0 Å². The molecule has 0 radical (unpaired) electrons. The standard InChI is InChI=1S/C28H32F2N4O6/c1-4-5-10-39-24-22-27(38)33-14-21(28(9-8-15(33)2)25(36)16(3)32-40-28)34(22)13-19(23(24)35)26(37)31-12-17-6-7-18(29)11-20(17)30/h6-7,11,13,15,21,25,36H,4-5,8-10,12,14H2,1-3H3,(H,31,37)/t15-,21+,25+,28+/m0/s1. The molecule has 214 valence electrons. The summed E-state index contributed by atoms with van der Waals surface area (Å²) in [7, 11) is 0. The van der Waals surface area contributed by atoms with Crippen molar-refractivity contribution in [2.75, 3.05) is 13.2 Å². The highest BCUT2D eigenvalue weighted by Gasteiger charge is 2.58. The van der Waals surface area contributed by atoms with Gasteiger partial charge in [0.05, 0.1) is 18.4 Å². The molecule has 1 fully saturated rings. The van der Waals surface area contributed by atoms with E-state index in [4.69, 9.17) is 9.57 Å². The van der Waals surface area contributed by atoms with Gasteiger partial charge in [-0.15, -0.1) is 0 Å². The van der Waals surface area contributed by atoms with E-state index >= 15 is 0 Å². The highest BCUT2D eigenvalue weighted by molar-refractivity contribution is 5.99. The molecule has 12 heteroatoms. The second-order valence-electron chi connectivity index (χ2n) is 10.6. The second-order valence-corrected chi connectivity index (χ2v) is 10.6. The Morgan fingerprint density at radius 1 is 1.32 bits per heavy atom. The Hall–Kier alpha value is -3.80. The van der Waals surface area contributed by atoms with Crippen LogP contribution < -0.4 is 15.5 Å². The summed E-state index contributed by atoms with van der Waals surface area (Å²) in [5, 5.41) is 17.8. The fourth-order valence-electron chi connectivity index (χ4n) is 5.67. The van der Waals surface area contributed by atoms with Gasteiger partial charge in [-0.2, -0.15) is 0 Å². The average Bonchev–Trinajstić information content (AvgIpc) is 3.13. The third-order valence-electron chi connectivity index (χ3n) is 8.07. The van der Waals surface area contributed by atoms with Gasteiger partial charge >= 0.3 is 0 Å². The number of hydrogen-bond donors (Lipinski definition) is 2. The number of hydrogen-bond acceptors (Lipinski definition) is 7. The van der Waals surface area contributed by atoms with E-state index < -0.39 is 46.6 Å². The second kappa shape index (κ2) is 10.6. The number of aliphatic hydroxyl groups excluding tert-OH is 1. The average molecular weight is 559 g/mol. The normalized spacial score (nSPS) is 25.2. The molecule has 2 N–H and O–H groups in total. The van der Waals surface area contributed by atoms with E-state index in [0.717, 1.165) is 12.5 Å². The van der Waals surface area contributed by atoms with Crippen molar-refractivity contribution >= 4 is 17.5 Å². The molecule has 0 saturated carbocycles. The van der Waals surface area contributed by atoms with Crippen molar-refractivity contribution in [3.63, 3.8) is 0 Å². The number of unbranched alkanes of at least 4 members (excludes halogenated alkanes) is 1. The van der Waals surface area contributed by atoms with Gasteiger partial charge in [-0.3, -0.25) is 14.4 Å². The van der Waals surface area contributed by atoms with Crippen LogP contribution in [0, 0.1) is 11.6 Å². The molecule has 2 bridgehead atoms. The van der Waals surface area contributed by atoms with Crippen LogP contribution in [0.3, 0.4) is 0 Å². The lowest BCUT2D eigenvalue weighted by molar-refractivity contribution is -0.114. The van der Waals surface area contributed by atoms with Crippen LogP contribution in [0.2, 0.25) is 0 Å². The number of benzene rings is 1. The molecule has 0 unspecified atom stereocenters. The van der Waals surface area contributed by atoms with Gasteiger partial charge in [-0.25, -0.2) is 8.78 Å². The van der Waals surface area contributed by atoms with Gasteiger partial charge in [0.25, 0.3) is 11.8 Å². The number of pyridine rings is 1. The maximum absolute atomic E-state index is 14.2. The fourth-order valence-corrected chi connectivity index (χ4v) is 5.67. The molecular weight excluding hydrogens is 526 g/mol. The molecule has 1 saturated heterocycles. The highest BCUT2D eigenvalue weighted by Crippen LogP contribution is 2.46. The van der Waals surface area contributed by atoms with Crippen LogP contribution in [-0.2, 0) is 11.4 Å². The first-order valence-corrected chi connectivity index (χ1v) is 13.4. The van der Waals surface area contributed by atoms with Gasteiger partial charge in [0.1, 0.15) is 23.3 Å². The Morgan fingerprint density at radius 3 is 2.77 bits per heavy atom. The van der Waals surface area contributed by atoms with Gasteiger partial charge in [0.15, 0.2) is 17.0 Å². The zero-order valence-corrected chi connectivity index (χ0v) is 22.6. The van der Waals surface area contributed by atoms with Crippen molar-refractivity contribution in [1.29, 1.82) is 0 Å². The summed E-state index contributed by atoms with van der Waals surface area (Å²) in [6.07, 6.45) is 2.47. The third kappa shape index (κ3) is 4.53. The summed E-state index contributed by atoms with van der Waals surface area (Å²) in [4.78, 5) is 48.3. The Kier molecular flexibility index (Phi) is 7.38. The number of amides is 2.